The third-order valence-corrected chi connectivity index (χ3v) is 3.41. The first-order valence-corrected chi connectivity index (χ1v) is 7.09. The van der Waals surface area contributed by atoms with Crippen molar-refractivity contribution < 1.29 is 9.66 Å². The number of nitro benzene ring substituents is 1. The third-order valence-electron chi connectivity index (χ3n) is 3.41. The van der Waals surface area contributed by atoms with Crippen molar-refractivity contribution in [1.29, 1.82) is 0 Å². The lowest BCUT2D eigenvalue weighted by molar-refractivity contribution is -0.384. The molecule has 0 aromatic heterocycles. The minimum atomic E-state index is -0.361. The first-order chi connectivity index (χ1) is 9.70. The molecule has 6 heteroatoms. The minimum Gasteiger partial charge on any atom is -0.494 e. The molecule has 1 atom stereocenters. The standard InChI is InChI=1S/C14H21N3O3/c1-2-20-12-5-6-13(14(10-12)17(18)19)16-11-4-3-8-15-9-7-11/h5-6,10-11,15-16H,2-4,7-9H2,1H3. The molecular weight excluding hydrogens is 258 g/mol. The van der Waals surface area contributed by atoms with E-state index in [0.717, 1.165) is 32.4 Å². The van der Waals surface area contributed by atoms with Gasteiger partial charge in [0.1, 0.15) is 11.4 Å². The van der Waals surface area contributed by atoms with Crippen LogP contribution in [0.1, 0.15) is 26.2 Å². The molecule has 1 aliphatic rings. The highest BCUT2D eigenvalue weighted by molar-refractivity contribution is 5.64. The zero-order chi connectivity index (χ0) is 14.4. The number of ether oxygens (including phenoxy) is 1. The lowest BCUT2D eigenvalue weighted by Crippen LogP contribution is -2.22. The summed E-state index contributed by atoms with van der Waals surface area (Å²) in [5, 5.41) is 17.8. The maximum absolute atomic E-state index is 11.2. The Kier molecular flexibility index (Phi) is 5.17. The van der Waals surface area contributed by atoms with Crippen molar-refractivity contribution in [2.75, 3.05) is 25.0 Å². The summed E-state index contributed by atoms with van der Waals surface area (Å²) >= 11 is 0. The number of rotatable bonds is 5. The smallest absolute Gasteiger partial charge is 0.296 e. The molecule has 0 saturated carbocycles. The molecule has 0 radical (unpaired) electrons. The third kappa shape index (κ3) is 3.84. The van der Waals surface area contributed by atoms with Gasteiger partial charge in [0.2, 0.25) is 0 Å². The van der Waals surface area contributed by atoms with E-state index in [-0.39, 0.29) is 16.7 Å². The summed E-state index contributed by atoms with van der Waals surface area (Å²) in [6, 6.07) is 5.28. The fourth-order valence-electron chi connectivity index (χ4n) is 2.42. The summed E-state index contributed by atoms with van der Waals surface area (Å²) in [5.74, 6) is 0.535. The van der Waals surface area contributed by atoms with Gasteiger partial charge in [0, 0.05) is 6.04 Å². The van der Waals surface area contributed by atoms with E-state index < -0.39 is 0 Å². The first kappa shape index (κ1) is 14.6. The summed E-state index contributed by atoms with van der Waals surface area (Å²) in [6.45, 7) is 4.32. The molecule has 1 aliphatic heterocycles. The van der Waals surface area contributed by atoms with E-state index in [2.05, 4.69) is 10.6 Å². The predicted octanol–water partition coefficient (Wildman–Crippen LogP) is 2.55. The second-order valence-corrected chi connectivity index (χ2v) is 4.89. The van der Waals surface area contributed by atoms with Crippen molar-refractivity contribution >= 4 is 11.4 Å². The molecule has 0 bridgehead atoms. The van der Waals surface area contributed by atoms with Crippen molar-refractivity contribution in [3.63, 3.8) is 0 Å². The van der Waals surface area contributed by atoms with Crippen LogP contribution in [0.2, 0.25) is 0 Å². The lowest BCUT2D eigenvalue weighted by Gasteiger charge is -2.17. The number of nitrogens with one attached hydrogen (secondary N) is 2. The average Bonchev–Trinajstić information content (AvgIpc) is 2.69. The van der Waals surface area contributed by atoms with Crippen molar-refractivity contribution in [2.45, 2.75) is 32.2 Å². The van der Waals surface area contributed by atoms with Gasteiger partial charge in [-0.15, -0.1) is 0 Å². The van der Waals surface area contributed by atoms with Crippen molar-refractivity contribution in [3.05, 3.63) is 28.3 Å². The Morgan fingerprint density at radius 2 is 2.30 bits per heavy atom. The largest absolute Gasteiger partial charge is 0.494 e. The number of hydrogen-bond donors (Lipinski definition) is 2. The second-order valence-electron chi connectivity index (χ2n) is 4.89. The van der Waals surface area contributed by atoms with Gasteiger partial charge in [-0.3, -0.25) is 10.1 Å². The van der Waals surface area contributed by atoms with Gasteiger partial charge < -0.3 is 15.4 Å². The molecule has 1 aromatic rings. The second kappa shape index (κ2) is 7.09. The zero-order valence-corrected chi connectivity index (χ0v) is 11.7. The highest BCUT2D eigenvalue weighted by atomic mass is 16.6. The van der Waals surface area contributed by atoms with E-state index in [1.54, 1.807) is 12.1 Å². The van der Waals surface area contributed by atoms with E-state index in [1.807, 2.05) is 6.92 Å². The molecule has 2 rings (SSSR count). The Morgan fingerprint density at radius 3 is 3.05 bits per heavy atom. The van der Waals surface area contributed by atoms with Crippen LogP contribution in [0.15, 0.2) is 18.2 Å². The molecule has 1 fully saturated rings. The molecule has 1 heterocycles. The predicted molar refractivity (Wildman–Crippen MR) is 78.4 cm³/mol. The van der Waals surface area contributed by atoms with E-state index in [1.165, 1.54) is 6.07 Å². The number of benzene rings is 1. The lowest BCUT2D eigenvalue weighted by atomic mass is 10.1. The molecule has 6 nitrogen and oxygen atoms in total. The molecule has 1 aromatic carbocycles. The molecule has 1 unspecified atom stereocenters. The molecule has 110 valence electrons. The van der Waals surface area contributed by atoms with E-state index >= 15 is 0 Å². The van der Waals surface area contributed by atoms with Crippen LogP contribution in [0.3, 0.4) is 0 Å². The van der Waals surface area contributed by atoms with Crippen LogP contribution in [-0.4, -0.2) is 30.7 Å². The molecule has 0 amide bonds. The van der Waals surface area contributed by atoms with E-state index in [0.29, 0.717) is 18.0 Å². The van der Waals surface area contributed by atoms with Crippen molar-refractivity contribution in [3.8, 4) is 5.75 Å². The Bertz CT molecular complexity index is 457. The monoisotopic (exact) mass is 279 g/mol. The summed E-state index contributed by atoms with van der Waals surface area (Å²) in [4.78, 5) is 10.8. The Balaban J connectivity index is 2.14. The van der Waals surface area contributed by atoms with Crippen molar-refractivity contribution in [2.24, 2.45) is 0 Å². The Hall–Kier alpha value is -1.82. The summed E-state index contributed by atoms with van der Waals surface area (Å²) in [6.07, 6.45) is 3.09. The fraction of sp³-hybridized carbons (Fsp3) is 0.571. The highest BCUT2D eigenvalue weighted by Crippen LogP contribution is 2.30. The average molecular weight is 279 g/mol. The van der Waals surface area contributed by atoms with Crippen LogP contribution in [-0.2, 0) is 0 Å². The van der Waals surface area contributed by atoms with Gasteiger partial charge in [0.25, 0.3) is 5.69 Å². The summed E-state index contributed by atoms with van der Waals surface area (Å²) in [7, 11) is 0. The first-order valence-electron chi connectivity index (χ1n) is 7.09. The molecule has 2 N–H and O–H groups in total. The van der Waals surface area contributed by atoms with Crippen LogP contribution in [0.25, 0.3) is 0 Å². The SMILES string of the molecule is CCOc1ccc(NC2CCCNCC2)c([N+](=O)[O-])c1. The van der Waals surface area contributed by atoms with E-state index in [9.17, 15) is 10.1 Å². The number of nitrogens with zero attached hydrogens (tertiary/aromatic N) is 1. The summed E-state index contributed by atoms with van der Waals surface area (Å²) in [5.41, 5.74) is 0.651. The molecule has 1 saturated heterocycles. The van der Waals surface area contributed by atoms with Gasteiger partial charge in [-0.2, -0.15) is 0 Å². The maximum atomic E-state index is 11.2. The van der Waals surface area contributed by atoms with Crippen LogP contribution >= 0.6 is 0 Å². The van der Waals surface area contributed by atoms with Crippen LogP contribution in [0, 0.1) is 10.1 Å². The van der Waals surface area contributed by atoms with Gasteiger partial charge >= 0.3 is 0 Å². The quantitative estimate of drug-likeness (QED) is 0.640. The molecule has 20 heavy (non-hydrogen) atoms. The van der Waals surface area contributed by atoms with Crippen molar-refractivity contribution in [1.82, 2.24) is 5.32 Å². The van der Waals surface area contributed by atoms with Gasteiger partial charge in [0.05, 0.1) is 17.6 Å². The van der Waals surface area contributed by atoms with Crippen LogP contribution in [0.4, 0.5) is 11.4 Å². The Labute approximate surface area is 118 Å². The topological polar surface area (TPSA) is 76.4 Å². The van der Waals surface area contributed by atoms with Gasteiger partial charge in [-0.25, -0.2) is 0 Å². The molecule has 0 aliphatic carbocycles. The number of nitro groups is 1. The van der Waals surface area contributed by atoms with Crippen LogP contribution in [0.5, 0.6) is 5.75 Å². The van der Waals surface area contributed by atoms with Gasteiger partial charge in [0.15, 0.2) is 0 Å². The minimum absolute atomic E-state index is 0.0770. The highest BCUT2D eigenvalue weighted by Gasteiger charge is 2.19. The number of anilines is 1. The molecular formula is C14H21N3O3. The fourth-order valence-corrected chi connectivity index (χ4v) is 2.42. The van der Waals surface area contributed by atoms with Gasteiger partial charge in [-0.1, -0.05) is 0 Å². The Morgan fingerprint density at radius 1 is 1.45 bits per heavy atom. The van der Waals surface area contributed by atoms with Crippen LogP contribution < -0.4 is 15.4 Å². The summed E-state index contributed by atoms with van der Waals surface area (Å²) < 4.78 is 5.32. The normalized spacial score (nSPS) is 19.1. The zero-order valence-electron chi connectivity index (χ0n) is 11.7. The van der Waals surface area contributed by atoms with E-state index in [4.69, 9.17) is 4.74 Å². The molecule has 0 spiro atoms. The number of hydrogen-bond acceptors (Lipinski definition) is 5. The maximum Gasteiger partial charge on any atom is 0.296 e. The van der Waals surface area contributed by atoms with Gasteiger partial charge in [-0.05, 0) is 51.4 Å².